The third-order valence-electron chi connectivity index (χ3n) is 6.95. The number of nitrogens with zero attached hydrogens (tertiary/aromatic N) is 3. The van der Waals surface area contributed by atoms with E-state index >= 15 is 0 Å². The number of likely N-dealkylation sites (tertiary alicyclic amines) is 2. The zero-order chi connectivity index (χ0) is 18.6. The van der Waals surface area contributed by atoms with Crippen LogP contribution in [0.1, 0.15) is 52.4 Å². The Kier molecular flexibility index (Phi) is 8.22. The molecule has 3 heterocycles. The average molecular weight is 401 g/mol. The number of carbonyl (C=O) groups excluding carboxylic acids is 2. The molecule has 0 aliphatic carbocycles. The van der Waals surface area contributed by atoms with Gasteiger partial charge in [0.2, 0.25) is 5.91 Å². The van der Waals surface area contributed by atoms with E-state index in [4.69, 9.17) is 0 Å². The van der Waals surface area contributed by atoms with Crippen molar-refractivity contribution in [3.8, 4) is 0 Å². The first kappa shape index (κ1) is 22.3. The molecule has 27 heavy (non-hydrogen) atoms. The fourth-order valence-electron chi connectivity index (χ4n) is 4.93. The summed E-state index contributed by atoms with van der Waals surface area (Å²) in [4.78, 5) is 31.3. The second kappa shape index (κ2) is 9.97. The normalized spacial score (nSPS) is 23.0. The molecule has 1 N–H and O–H groups in total. The van der Waals surface area contributed by atoms with Gasteiger partial charge < -0.3 is 20.0 Å². The van der Waals surface area contributed by atoms with Gasteiger partial charge in [0.1, 0.15) is 0 Å². The largest absolute Gasteiger partial charge is 0.342 e. The van der Waals surface area contributed by atoms with Crippen molar-refractivity contribution in [3.63, 3.8) is 0 Å². The van der Waals surface area contributed by atoms with Crippen LogP contribution >= 0.6 is 12.4 Å². The topological polar surface area (TPSA) is 55.9 Å². The lowest BCUT2D eigenvalue weighted by atomic mass is 9.71. The fraction of sp³-hybridized carbons (Fsp3) is 0.900. The number of nitrogens with one attached hydrogen (secondary N) is 1. The molecule has 3 rings (SSSR count). The highest BCUT2D eigenvalue weighted by Gasteiger charge is 2.38. The van der Waals surface area contributed by atoms with Gasteiger partial charge in [0.05, 0.1) is 0 Å². The molecule has 3 saturated heterocycles. The maximum absolute atomic E-state index is 12.9. The molecule has 6 nitrogen and oxygen atoms in total. The number of piperidine rings is 3. The van der Waals surface area contributed by atoms with E-state index in [-0.39, 0.29) is 24.4 Å². The molecule has 0 aromatic carbocycles. The number of hydrogen-bond donors (Lipinski definition) is 1. The first-order valence-corrected chi connectivity index (χ1v) is 10.6. The molecular formula is C20H37ClN4O2. The van der Waals surface area contributed by atoms with E-state index in [0.717, 1.165) is 65.2 Å². The standard InChI is InChI=1S/C20H36N4O2.ClH/c1-3-22(4-2)19(26)24-13-5-17(6-14-24)18(25)23-15-9-20(10-16-23)7-11-21-12-8-20;/h17,21H,3-16H2,1-2H3;1H. The van der Waals surface area contributed by atoms with Crippen LogP contribution in [0.15, 0.2) is 0 Å². The van der Waals surface area contributed by atoms with Crippen LogP contribution in [0, 0.1) is 11.3 Å². The average Bonchev–Trinajstić information content (AvgIpc) is 2.70. The zero-order valence-corrected chi connectivity index (χ0v) is 17.9. The summed E-state index contributed by atoms with van der Waals surface area (Å²) in [7, 11) is 0. The molecular weight excluding hydrogens is 364 g/mol. The molecule has 7 heteroatoms. The van der Waals surface area contributed by atoms with Gasteiger partial charge in [0.25, 0.3) is 0 Å². The Balaban J connectivity index is 0.00000261. The quantitative estimate of drug-likeness (QED) is 0.792. The van der Waals surface area contributed by atoms with Gasteiger partial charge in [0, 0.05) is 45.2 Å². The Morgan fingerprint density at radius 2 is 1.48 bits per heavy atom. The summed E-state index contributed by atoms with van der Waals surface area (Å²) < 4.78 is 0. The molecule has 0 saturated carbocycles. The van der Waals surface area contributed by atoms with Crippen molar-refractivity contribution in [2.24, 2.45) is 11.3 Å². The third kappa shape index (κ3) is 5.08. The molecule has 0 aromatic rings. The monoisotopic (exact) mass is 400 g/mol. The fourth-order valence-corrected chi connectivity index (χ4v) is 4.93. The lowest BCUT2D eigenvalue weighted by Gasteiger charge is -2.45. The summed E-state index contributed by atoms with van der Waals surface area (Å²) in [6.07, 6.45) is 6.50. The van der Waals surface area contributed by atoms with E-state index < -0.39 is 0 Å². The van der Waals surface area contributed by atoms with Crippen LogP contribution in [-0.4, -0.2) is 79.0 Å². The summed E-state index contributed by atoms with van der Waals surface area (Å²) in [5.74, 6) is 0.446. The number of hydrogen-bond acceptors (Lipinski definition) is 3. The van der Waals surface area contributed by atoms with Gasteiger partial charge in [-0.1, -0.05) is 0 Å². The Hall–Kier alpha value is -1.01. The second-order valence-electron chi connectivity index (χ2n) is 8.29. The van der Waals surface area contributed by atoms with E-state index in [1.165, 1.54) is 25.7 Å². The van der Waals surface area contributed by atoms with Crippen LogP contribution in [0.25, 0.3) is 0 Å². The minimum Gasteiger partial charge on any atom is -0.342 e. The Bertz CT molecular complexity index is 488. The van der Waals surface area contributed by atoms with Crippen molar-refractivity contribution in [1.29, 1.82) is 0 Å². The molecule has 0 radical (unpaired) electrons. The molecule has 156 valence electrons. The number of amides is 3. The number of urea groups is 1. The van der Waals surface area contributed by atoms with Crippen LogP contribution in [0.2, 0.25) is 0 Å². The minimum atomic E-state index is 0. The molecule has 3 aliphatic heterocycles. The van der Waals surface area contributed by atoms with Crippen LogP contribution in [-0.2, 0) is 4.79 Å². The van der Waals surface area contributed by atoms with Gasteiger partial charge in [-0.25, -0.2) is 4.79 Å². The molecule has 3 aliphatic rings. The molecule has 1 spiro atoms. The van der Waals surface area contributed by atoms with Gasteiger partial charge in [-0.2, -0.15) is 0 Å². The summed E-state index contributed by atoms with van der Waals surface area (Å²) in [6, 6.07) is 0.131. The van der Waals surface area contributed by atoms with E-state index in [0.29, 0.717) is 11.3 Å². The van der Waals surface area contributed by atoms with Gasteiger partial charge in [0.15, 0.2) is 0 Å². The van der Waals surface area contributed by atoms with Crippen molar-refractivity contribution >= 4 is 24.3 Å². The van der Waals surface area contributed by atoms with Gasteiger partial charge in [-0.05, 0) is 70.9 Å². The third-order valence-corrected chi connectivity index (χ3v) is 6.95. The lowest BCUT2D eigenvalue weighted by Crippen LogP contribution is -2.51. The van der Waals surface area contributed by atoms with Crippen molar-refractivity contribution in [2.75, 3.05) is 52.4 Å². The van der Waals surface area contributed by atoms with E-state index in [1.807, 2.05) is 23.6 Å². The lowest BCUT2D eigenvalue weighted by molar-refractivity contribution is -0.139. The van der Waals surface area contributed by atoms with Crippen LogP contribution < -0.4 is 5.32 Å². The first-order chi connectivity index (χ1) is 12.6. The molecule has 0 unspecified atom stereocenters. The van der Waals surface area contributed by atoms with Crippen LogP contribution in [0.5, 0.6) is 0 Å². The maximum atomic E-state index is 12.9. The Morgan fingerprint density at radius 3 is 2.00 bits per heavy atom. The van der Waals surface area contributed by atoms with Crippen molar-refractivity contribution < 1.29 is 9.59 Å². The van der Waals surface area contributed by atoms with E-state index in [2.05, 4.69) is 10.2 Å². The molecule has 3 amide bonds. The molecule has 0 bridgehead atoms. The molecule has 3 fully saturated rings. The highest BCUT2D eigenvalue weighted by Crippen LogP contribution is 2.40. The number of rotatable bonds is 3. The van der Waals surface area contributed by atoms with Crippen LogP contribution in [0.3, 0.4) is 0 Å². The van der Waals surface area contributed by atoms with Gasteiger partial charge >= 0.3 is 6.03 Å². The van der Waals surface area contributed by atoms with Crippen molar-refractivity contribution in [1.82, 2.24) is 20.0 Å². The summed E-state index contributed by atoms with van der Waals surface area (Å²) in [5, 5.41) is 3.46. The second-order valence-corrected chi connectivity index (χ2v) is 8.29. The number of carbonyl (C=O) groups is 2. The highest BCUT2D eigenvalue weighted by atomic mass is 35.5. The summed E-state index contributed by atoms with van der Waals surface area (Å²) in [6.45, 7) is 11.1. The van der Waals surface area contributed by atoms with Crippen molar-refractivity contribution in [2.45, 2.75) is 52.4 Å². The van der Waals surface area contributed by atoms with Gasteiger partial charge in [-0.3, -0.25) is 4.79 Å². The summed E-state index contributed by atoms with van der Waals surface area (Å²) >= 11 is 0. The van der Waals surface area contributed by atoms with E-state index in [1.54, 1.807) is 0 Å². The van der Waals surface area contributed by atoms with Crippen LogP contribution in [0.4, 0.5) is 4.79 Å². The smallest absolute Gasteiger partial charge is 0.319 e. The predicted molar refractivity (Wildman–Crippen MR) is 110 cm³/mol. The zero-order valence-electron chi connectivity index (χ0n) is 17.0. The van der Waals surface area contributed by atoms with Gasteiger partial charge in [-0.15, -0.1) is 12.4 Å². The molecule has 0 atom stereocenters. The predicted octanol–water partition coefficient (Wildman–Crippen LogP) is 2.57. The number of halogens is 1. The Labute approximate surface area is 170 Å². The highest BCUT2D eigenvalue weighted by molar-refractivity contribution is 5.85. The minimum absolute atomic E-state index is 0. The molecule has 0 aromatic heterocycles. The maximum Gasteiger partial charge on any atom is 0.319 e. The SMILES string of the molecule is CCN(CC)C(=O)N1CCC(C(=O)N2CCC3(CCNCC3)CC2)CC1.Cl. The van der Waals surface area contributed by atoms with Crippen molar-refractivity contribution in [3.05, 3.63) is 0 Å². The summed E-state index contributed by atoms with van der Waals surface area (Å²) in [5.41, 5.74) is 0.488. The van der Waals surface area contributed by atoms with E-state index in [9.17, 15) is 9.59 Å². The Morgan fingerprint density at radius 1 is 0.926 bits per heavy atom. The first-order valence-electron chi connectivity index (χ1n) is 10.6.